The fraction of sp³-hybridized carbons (Fsp3) is 0.250. The predicted octanol–water partition coefficient (Wildman–Crippen LogP) is 0.357. The summed E-state index contributed by atoms with van der Waals surface area (Å²) in [7, 11) is -1.34. The molecule has 1 aliphatic rings. The van der Waals surface area contributed by atoms with Crippen molar-refractivity contribution in [3.63, 3.8) is 0 Å². The van der Waals surface area contributed by atoms with Crippen LogP contribution in [0.4, 0.5) is 0 Å². The quantitative estimate of drug-likeness (QED) is 0.806. The summed E-state index contributed by atoms with van der Waals surface area (Å²) in [5.74, 6) is -0.534. The van der Waals surface area contributed by atoms with Crippen molar-refractivity contribution in [2.75, 3.05) is 14.2 Å². The average molecular weight is 284 g/mol. The second kappa shape index (κ2) is 4.67. The van der Waals surface area contributed by atoms with Crippen molar-refractivity contribution in [1.82, 2.24) is 0 Å². The van der Waals surface area contributed by atoms with E-state index in [4.69, 9.17) is 4.74 Å². The Morgan fingerprint density at radius 1 is 1.32 bits per heavy atom. The maximum absolute atomic E-state index is 12.2. The topological polar surface area (TPSA) is 89.9 Å². The number of rotatable bonds is 3. The van der Waals surface area contributed by atoms with Crippen LogP contribution < -0.4 is 4.74 Å². The lowest BCUT2D eigenvalue weighted by molar-refractivity contribution is -0.147. The molecule has 0 aliphatic carbocycles. The number of methoxy groups -OCH3 is 2. The lowest BCUT2D eigenvalue weighted by atomic mass is 10.2. The van der Waals surface area contributed by atoms with Gasteiger partial charge in [-0.3, -0.25) is 0 Å². The van der Waals surface area contributed by atoms with Crippen LogP contribution in [0.3, 0.4) is 0 Å². The van der Waals surface area contributed by atoms with Crippen molar-refractivity contribution < 1.29 is 27.8 Å². The number of carbonyl (C=O) groups is 1. The van der Waals surface area contributed by atoms with Gasteiger partial charge in [-0.2, -0.15) is 0 Å². The minimum Gasteiger partial charge on any atom is -0.497 e. The van der Waals surface area contributed by atoms with Gasteiger partial charge in [0.2, 0.25) is 9.84 Å². The standard InChI is InChI=1S/C12H12O6S/c1-17-8-3-4-9-7(5-8)6-10(19(9,15)16)11(13)12(14)18-2/h3-6,11,13H,1-2H3. The fourth-order valence-electron chi connectivity index (χ4n) is 1.82. The molecule has 0 saturated carbocycles. The first kappa shape index (κ1) is 13.6. The second-order valence-corrected chi connectivity index (χ2v) is 5.80. The zero-order chi connectivity index (χ0) is 14.2. The Kier molecular flexibility index (Phi) is 3.34. The Morgan fingerprint density at radius 3 is 2.58 bits per heavy atom. The molecule has 1 unspecified atom stereocenters. The molecule has 0 bridgehead atoms. The number of ether oxygens (including phenoxy) is 2. The molecule has 2 rings (SSSR count). The lowest BCUT2D eigenvalue weighted by Gasteiger charge is -2.09. The largest absolute Gasteiger partial charge is 0.497 e. The second-order valence-electron chi connectivity index (χ2n) is 3.88. The molecular formula is C12H12O6S. The summed E-state index contributed by atoms with van der Waals surface area (Å²) in [5, 5.41) is 9.70. The van der Waals surface area contributed by atoms with E-state index in [0.29, 0.717) is 11.3 Å². The average Bonchev–Trinajstić information content (AvgIpc) is 2.68. The summed E-state index contributed by atoms with van der Waals surface area (Å²) in [5.41, 5.74) is 0.373. The van der Waals surface area contributed by atoms with Crippen LogP contribution in [0.2, 0.25) is 0 Å². The van der Waals surface area contributed by atoms with E-state index in [-0.39, 0.29) is 9.80 Å². The van der Waals surface area contributed by atoms with Crippen LogP contribution in [-0.4, -0.2) is 39.8 Å². The zero-order valence-corrected chi connectivity index (χ0v) is 11.1. The van der Waals surface area contributed by atoms with Crippen LogP contribution in [0.5, 0.6) is 5.75 Å². The summed E-state index contributed by atoms with van der Waals surface area (Å²) < 4.78 is 33.7. The molecule has 1 aromatic carbocycles. The normalized spacial score (nSPS) is 17.3. The molecule has 19 heavy (non-hydrogen) atoms. The summed E-state index contributed by atoms with van der Waals surface area (Å²) in [6.45, 7) is 0. The van der Waals surface area contributed by atoms with E-state index in [1.54, 1.807) is 0 Å². The first-order chi connectivity index (χ1) is 8.91. The van der Waals surface area contributed by atoms with Crippen LogP contribution in [-0.2, 0) is 19.4 Å². The number of aliphatic hydroxyl groups is 1. The Bertz CT molecular complexity index is 659. The molecule has 102 valence electrons. The van der Waals surface area contributed by atoms with Crippen molar-refractivity contribution in [3.05, 3.63) is 28.7 Å². The first-order valence-electron chi connectivity index (χ1n) is 5.32. The fourth-order valence-corrected chi connectivity index (χ4v) is 3.42. The van der Waals surface area contributed by atoms with Gasteiger partial charge < -0.3 is 14.6 Å². The smallest absolute Gasteiger partial charge is 0.340 e. The maximum Gasteiger partial charge on any atom is 0.340 e. The highest BCUT2D eigenvalue weighted by Crippen LogP contribution is 2.36. The molecule has 7 heteroatoms. The number of aliphatic hydroxyl groups excluding tert-OH is 1. The number of benzene rings is 1. The van der Waals surface area contributed by atoms with Gasteiger partial charge in [0.1, 0.15) is 5.75 Å². The molecule has 0 fully saturated rings. The molecule has 1 atom stereocenters. The highest BCUT2D eigenvalue weighted by Gasteiger charge is 2.37. The predicted molar refractivity (Wildman–Crippen MR) is 66.2 cm³/mol. The van der Waals surface area contributed by atoms with Crippen molar-refractivity contribution in [2.45, 2.75) is 11.0 Å². The van der Waals surface area contributed by atoms with Gasteiger partial charge in [0.15, 0.2) is 6.10 Å². The van der Waals surface area contributed by atoms with E-state index < -0.39 is 21.9 Å². The molecule has 6 nitrogen and oxygen atoms in total. The van der Waals surface area contributed by atoms with Crippen molar-refractivity contribution in [2.24, 2.45) is 0 Å². The highest BCUT2D eigenvalue weighted by molar-refractivity contribution is 7.96. The van der Waals surface area contributed by atoms with E-state index in [9.17, 15) is 18.3 Å². The maximum atomic E-state index is 12.2. The molecule has 1 N–H and O–H groups in total. The highest BCUT2D eigenvalue weighted by atomic mass is 32.2. The summed E-state index contributed by atoms with van der Waals surface area (Å²) in [4.78, 5) is 10.9. The Hall–Kier alpha value is -1.86. The number of carbonyl (C=O) groups excluding carboxylic acids is 1. The van der Waals surface area contributed by atoms with Crippen LogP contribution in [0.25, 0.3) is 6.08 Å². The number of esters is 1. The molecular weight excluding hydrogens is 272 g/mol. The van der Waals surface area contributed by atoms with Crippen molar-refractivity contribution in [1.29, 1.82) is 0 Å². The molecule has 1 aliphatic heterocycles. The Labute approximate surface area is 110 Å². The lowest BCUT2D eigenvalue weighted by Crippen LogP contribution is -2.26. The van der Waals surface area contributed by atoms with Gasteiger partial charge in [0, 0.05) is 0 Å². The molecule has 1 heterocycles. The van der Waals surface area contributed by atoms with Crippen molar-refractivity contribution >= 4 is 21.9 Å². The molecule has 1 aromatic rings. The SMILES string of the molecule is COC(=O)C(O)C1=Cc2cc(OC)ccc2S1(=O)=O. The van der Waals surface area contributed by atoms with Crippen molar-refractivity contribution in [3.8, 4) is 5.75 Å². The minimum absolute atomic E-state index is 0.0336. The van der Waals surface area contributed by atoms with E-state index in [1.807, 2.05) is 0 Å². The molecule has 0 amide bonds. The first-order valence-corrected chi connectivity index (χ1v) is 6.80. The summed E-state index contributed by atoms with van der Waals surface area (Å²) >= 11 is 0. The Morgan fingerprint density at radius 2 is 2.00 bits per heavy atom. The summed E-state index contributed by atoms with van der Waals surface area (Å²) in [6.07, 6.45) is -0.581. The van der Waals surface area contributed by atoms with Gasteiger partial charge in [-0.15, -0.1) is 0 Å². The molecule has 0 aromatic heterocycles. The van der Waals surface area contributed by atoms with E-state index in [2.05, 4.69) is 4.74 Å². The third-order valence-corrected chi connectivity index (χ3v) is 4.72. The van der Waals surface area contributed by atoms with Gasteiger partial charge in [0.05, 0.1) is 24.0 Å². The molecule has 0 radical (unpaired) electrons. The minimum atomic E-state index is -3.87. The number of fused-ring (bicyclic) bond motifs is 1. The monoisotopic (exact) mass is 284 g/mol. The van der Waals surface area contributed by atoms with Gasteiger partial charge in [-0.25, -0.2) is 13.2 Å². The third-order valence-electron chi connectivity index (χ3n) is 2.81. The van der Waals surface area contributed by atoms with Gasteiger partial charge in [0.25, 0.3) is 0 Å². The van der Waals surface area contributed by atoms with E-state index >= 15 is 0 Å². The van der Waals surface area contributed by atoms with Crippen LogP contribution >= 0.6 is 0 Å². The number of hydrogen-bond donors (Lipinski definition) is 1. The van der Waals surface area contributed by atoms with Crippen LogP contribution in [0, 0.1) is 0 Å². The van der Waals surface area contributed by atoms with Gasteiger partial charge in [-0.1, -0.05) is 0 Å². The summed E-state index contributed by atoms with van der Waals surface area (Å²) in [6, 6.07) is 4.39. The molecule has 0 spiro atoms. The third kappa shape index (κ3) is 2.11. The van der Waals surface area contributed by atoms with E-state index in [0.717, 1.165) is 7.11 Å². The van der Waals surface area contributed by atoms with Gasteiger partial charge in [-0.05, 0) is 29.8 Å². The van der Waals surface area contributed by atoms with Crippen LogP contribution in [0.1, 0.15) is 5.56 Å². The number of hydrogen-bond acceptors (Lipinski definition) is 6. The van der Waals surface area contributed by atoms with Gasteiger partial charge >= 0.3 is 5.97 Å². The zero-order valence-electron chi connectivity index (χ0n) is 10.3. The Balaban J connectivity index is 2.52. The van der Waals surface area contributed by atoms with Crippen LogP contribution in [0.15, 0.2) is 28.0 Å². The number of sulfone groups is 1. The molecule has 0 saturated heterocycles. The van der Waals surface area contributed by atoms with E-state index in [1.165, 1.54) is 31.4 Å².